The van der Waals surface area contributed by atoms with Crippen molar-refractivity contribution < 1.29 is 8.85 Å². The molecule has 1 aliphatic carbocycles. The maximum absolute atomic E-state index is 5.53. The van der Waals surface area contributed by atoms with Crippen molar-refractivity contribution in [2.45, 2.75) is 19.4 Å². The third-order valence-electron chi connectivity index (χ3n) is 2.39. The van der Waals surface area contributed by atoms with Crippen LogP contribution in [0.1, 0.15) is 13.3 Å². The van der Waals surface area contributed by atoms with E-state index in [1.165, 1.54) is 5.20 Å². The van der Waals surface area contributed by atoms with Gasteiger partial charge in [0.05, 0.1) is 0 Å². The van der Waals surface area contributed by atoms with Gasteiger partial charge in [0.2, 0.25) is 0 Å². The maximum Gasteiger partial charge on any atom is 0.367 e. The fourth-order valence-electron chi connectivity index (χ4n) is 1.59. The van der Waals surface area contributed by atoms with Crippen molar-refractivity contribution in [2.24, 2.45) is 0 Å². The molecule has 1 rings (SSSR count). The van der Waals surface area contributed by atoms with E-state index in [0.717, 1.165) is 12.5 Å². The molecule has 0 aromatic carbocycles. The molecule has 0 spiro atoms. The molecule has 0 N–H and O–H groups in total. The third-order valence-corrected chi connectivity index (χ3v) is 5.98. The Balaban J connectivity index is 2.77. The summed E-state index contributed by atoms with van der Waals surface area (Å²) in [6.07, 6.45) is 7.35. The molecule has 0 amide bonds. The minimum absolute atomic E-state index is 0.980. The molecule has 0 bridgehead atoms. The highest BCUT2D eigenvalue weighted by atomic mass is 28.4. The zero-order valence-corrected chi connectivity index (χ0v) is 8.96. The van der Waals surface area contributed by atoms with E-state index >= 15 is 0 Å². The van der Waals surface area contributed by atoms with Gasteiger partial charge in [-0.3, -0.25) is 0 Å². The Morgan fingerprint density at radius 3 is 2.42 bits per heavy atom. The minimum atomic E-state index is -1.99. The van der Waals surface area contributed by atoms with Gasteiger partial charge >= 0.3 is 8.56 Å². The Morgan fingerprint density at radius 1 is 1.42 bits per heavy atom. The van der Waals surface area contributed by atoms with E-state index in [9.17, 15) is 0 Å². The standard InChI is InChI=1S/C9H16O2Si/c1-4-12(10-2,11-3)9-7-5-6-8-9/h5-7H,4,8H2,1-3H3. The molecular weight excluding hydrogens is 168 g/mol. The van der Waals surface area contributed by atoms with Crippen molar-refractivity contribution in [1.29, 1.82) is 0 Å². The van der Waals surface area contributed by atoms with Gasteiger partial charge in [-0.15, -0.1) is 0 Å². The van der Waals surface area contributed by atoms with Crippen LogP contribution >= 0.6 is 0 Å². The molecule has 0 radical (unpaired) electrons. The summed E-state index contributed by atoms with van der Waals surface area (Å²) in [4.78, 5) is 0. The third kappa shape index (κ3) is 1.53. The van der Waals surface area contributed by atoms with Crippen molar-refractivity contribution in [1.82, 2.24) is 0 Å². The summed E-state index contributed by atoms with van der Waals surface area (Å²) in [5.41, 5.74) is 0. The number of rotatable bonds is 4. The molecule has 0 aromatic heterocycles. The van der Waals surface area contributed by atoms with E-state index in [1.807, 2.05) is 0 Å². The lowest BCUT2D eigenvalue weighted by Crippen LogP contribution is -2.41. The van der Waals surface area contributed by atoms with Gasteiger partial charge in [0.15, 0.2) is 0 Å². The van der Waals surface area contributed by atoms with E-state index < -0.39 is 8.56 Å². The van der Waals surface area contributed by atoms with Crippen LogP contribution in [0.2, 0.25) is 6.04 Å². The first-order chi connectivity index (χ1) is 5.79. The number of hydrogen-bond donors (Lipinski definition) is 0. The SMILES string of the molecule is CC[Si](OC)(OC)C1=CC=CC1. The zero-order valence-electron chi connectivity index (χ0n) is 7.96. The number of hydrogen-bond acceptors (Lipinski definition) is 2. The van der Waals surface area contributed by atoms with Gasteiger partial charge in [0.25, 0.3) is 0 Å². The lowest BCUT2D eigenvalue weighted by Gasteiger charge is -2.27. The first-order valence-electron chi connectivity index (χ1n) is 4.25. The fraction of sp³-hybridized carbons (Fsp3) is 0.556. The van der Waals surface area contributed by atoms with Gasteiger partial charge in [-0.1, -0.05) is 25.2 Å². The Kier molecular flexibility index (Phi) is 3.26. The summed E-state index contributed by atoms with van der Waals surface area (Å²) in [6, 6.07) is 0.980. The highest BCUT2D eigenvalue weighted by Gasteiger charge is 2.37. The average molecular weight is 184 g/mol. The van der Waals surface area contributed by atoms with Crippen LogP contribution in [0.3, 0.4) is 0 Å². The summed E-state index contributed by atoms with van der Waals surface area (Å²) in [7, 11) is 1.51. The molecule has 1 aliphatic rings. The van der Waals surface area contributed by atoms with Crippen LogP contribution in [-0.2, 0) is 8.85 Å². The molecule has 3 heteroatoms. The van der Waals surface area contributed by atoms with Gasteiger partial charge in [-0.05, 0) is 17.7 Å². The normalized spacial score (nSPS) is 16.8. The Bertz CT molecular complexity index is 196. The second-order valence-corrected chi connectivity index (χ2v) is 6.51. The molecule has 0 unspecified atom stereocenters. The lowest BCUT2D eigenvalue weighted by molar-refractivity contribution is 0.253. The van der Waals surface area contributed by atoms with E-state index in [0.29, 0.717) is 0 Å². The van der Waals surface area contributed by atoms with Gasteiger partial charge in [-0.25, -0.2) is 0 Å². The molecule has 0 saturated carbocycles. The van der Waals surface area contributed by atoms with Crippen LogP contribution in [0.5, 0.6) is 0 Å². The van der Waals surface area contributed by atoms with Crippen LogP contribution < -0.4 is 0 Å². The van der Waals surface area contributed by atoms with E-state index in [2.05, 4.69) is 25.2 Å². The minimum Gasteiger partial charge on any atom is -0.395 e. The van der Waals surface area contributed by atoms with Crippen LogP contribution in [0, 0.1) is 0 Å². The highest BCUT2D eigenvalue weighted by Crippen LogP contribution is 2.27. The summed E-state index contributed by atoms with van der Waals surface area (Å²) < 4.78 is 11.1. The fourth-order valence-corrected chi connectivity index (χ4v) is 4.09. The van der Waals surface area contributed by atoms with Crippen molar-refractivity contribution in [3.8, 4) is 0 Å². The van der Waals surface area contributed by atoms with Gasteiger partial charge in [0.1, 0.15) is 0 Å². The summed E-state index contributed by atoms with van der Waals surface area (Å²) in [5.74, 6) is 0. The quantitative estimate of drug-likeness (QED) is 0.623. The molecule has 68 valence electrons. The predicted octanol–water partition coefficient (Wildman–Crippen LogP) is 2.17. The molecular formula is C9H16O2Si. The topological polar surface area (TPSA) is 18.5 Å². The summed E-state index contributed by atoms with van der Waals surface area (Å²) in [5, 5.41) is 1.34. The van der Waals surface area contributed by atoms with Gasteiger partial charge in [-0.2, -0.15) is 0 Å². The molecule has 0 atom stereocenters. The van der Waals surface area contributed by atoms with Crippen molar-refractivity contribution in [2.75, 3.05) is 14.2 Å². The van der Waals surface area contributed by atoms with Crippen LogP contribution in [0.4, 0.5) is 0 Å². The Morgan fingerprint density at radius 2 is 2.08 bits per heavy atom. The molecule has 0 aromatic rings. The molecule has 0 heterocycles. The predicted molar refractivity (Wildman–Crippen MR) is 52.1 cm³/mol. The van der Waals surface area contributed by atoms with Gasteiger partial charge in [0, 0.05) is 14.2 Å². The Hall–Kier alpha value is -0.383. The van der Waals surface area contributed by atoms with E-state index in [1.54, 1.807) is 14.2 Å². The lowest BCUT2D eigenvalue weighted by atomic mass is 10.5. The molecule has 12 heavy (non-hydrogen) atoms. The van der Waals surface area contributed by atoms with Crippen molar-refractivity contribution in [3.05, 3.63) is 23.4 Å². The van der Waals surface area contributed by atoms with Crippen molar-refractivity contribution in [3.63, 3.8) is 0 Å². The monoisotopic (exact) mass is 184 g/mol. The van der Waals surface area contributed by atoms with E-state index in [-0.39, 0.29) is 0 Å². The van der Waals surface area contributed by atoms with Crippen LogP contribution in [0.15, 0.2) is 23.4 Å². The maximum atomic E-state index is 5.53. The van der Waals surface area contributed by atoms with Gasteiger partial charge < -0.3 is 8.85 Å². The molecule has 0 fully saturated rings. The largest absolute Gasteiger partial charge is 0.395 e. The van der Waals surface area contributed by atoms with Crippen LogP contribution in [0.25, 0.3) is 0 Å². The molecule has 0 aliphatic heterocycles. The highest BCUT2D eigenvalue weighted by molar-refractivity contribution is 6.75. The van der Waals surface area contributed by atoms with Crippen LogP contribution in [-0.4, -0.2) is 22.8 Å². The van der Waals surface area contributed by atoms with E-state index in [4.69, 9.17) is 8.85 Å². The smallest absolute Gasteiger partial charge is 0.367 e. The second-order valence-electron chi connectivity index (χ2n) is 2.84. The first-order valence-corrected chi connectivity index (χ1v) is 6.28. The summed E-state index contributed by atoms with van der Waals surface area (Å²) >= 11 is 0. The number of allylic oxidation sites excluding steroid dienone is 4. The molecule has 0 saturated heterocycles. The summed E-state index contributed by atoms with van der Waals surface area (Å²) in [6.45, 7) is 2.12. The Labute approximate surface area is 75.1 Å². The average Bonchev–Trinajstić information content (AvgIpc) is 2.62. The zero-order chi connectivity index (χ0) is 9.03. The second kappa shape index (κ2) is 4.03. The first kappa shape index (κ1) is 9.70. The van der Waals surface area contributed by atoms with Crippen molar-refractivity contribution >= 4 is 8.56 Å². The molecule has 2 nitrogen and oxygen atoms in total.